The summed E-state index contributed by atoms with van der Waals surface area (Å²) in [7, 11) is 0. The number of carbonyl (C=O) groups is 1. The van der Waals surface area contributed by atoms with Crippen LogP contribution in [0, 0.1) is 0 Å². The lowest BCUT2D eigenvalue weighted by molar-refractivity contribution is 0.0635. The zero-order valence-electron chi connectivity index (χ0n) is 12.2. The molecule has 7 heteroatoms. The monoisotopic (exact) mass is 298 g/mol. The van der Waals surface area contributed by atoms with Crippen LogP contribution >= 0.6 is 11.8 Å². The van der Waals surface area contributed by atoms with E-state index in [1.54, 1.807) is 6.20 Å². The molecule has 2 rings (SSSR count). The molecule has 1 fully saturated rings. The molecule has 0 aliphatic carbocycles. The summed E-state index contributed by atoms with van der Waals surface area (Å²) in [5.41, 5.74) is 0.427. The van der Waals surface area contributed by atoms with Gasteiger partial charge in [-0.05, 0) is 32.9 Å². The number of anilines is 1. The Morgan fingerprint density at radius 2 is 2.40 bits per heavy atom. The van der Waals surface area contributed by atoms with E-state index in [1.165, 1.54) is 12.2 Å². The van der Waals surface area contributed by atoms with E-state index < -0.39 is 11.7 Å². The second-order valence-electron chi connectivity index (χ2n) is 5.84. The first-order chi connectivity index (χ1) is 9.44. The molecule has 1 aliphatic heterocycles. The number of hydrogen-bond acceptors (Lipinski definition) is 5. The molecule has 2 heterocycles. The Balaban J connectivity index is 1.86. The number of aromatic nitrogens is 2. The van der Waals surface area contributed by atoms with Crippen LogP contribution in [0.15, 0.2) is 6.20 Å². The quantitative estimate of drug-likeness (QED) is 0.795. The minimum Gasteiger partial charge on any atom is -0.444 e. The summed E-state index contributed by atoms with van der Waals surface area (Å²) in [5, 5.41) is 12.9. The van der Waals surface area contributed by atoms with Crippen LogP contribution in [0.4, 0.5) is 10.6 Å². The molecule has 0 spiro atoms. The van der Waals surface area contributed by atoms with Gasteiger partial charge < -0.3 is 10.1 Å². The molecule has 3 N–H and O–H groups in total. The van der Waals surface area contributed by atoms with Crippen molar-refractivity contribution in [3.63, 3.8) is 0 Å². The largest absolute Gasteiger partial charge is 0.444 e. The van der Waals surface area contributed by atoms with Gasteiger partial charge in [0.25, 0.3) is 0 Å². The Kier molecular flexibility index (Phi) is 4.93. The van der Waals surface area contributed by atoms with Gasteiger partial charge in [0, 0.05) is 23.9 Å². The van der Waals surface area contributed by atoms with Crippen molar-refractivity contribution in [2.75, 3.05) is 16.8 Å². The molecule has 0 saturated carbocycles. The van der Waals surface area contributed by atoms with E-state index in [-0.39, 0.29) is 0 Å². The number of hydrogen-bond donors (Lipinski definition) is 3. The van der Waals surface area contributed by atoms with Crippen molar-refractivity contribution in [2.45, 2.75) is 45.4 Å². The lowest BCUT2D eigenvalue weighted by Gasteiger charge is -2.19. The lowest BCUT2D eigenvalue weighted by atomic mass is 10.2. The molecule has 0 radical (unpaired) electrons. The van der Waals surface area contributed by atoms with Gasteiger partial charge in [0.05, 0.1) is 6.20 Å². The van der Waals surface area contributed by atoms with Gasteiger partial charge >= 0.3 is 6.09 Å². The highest BCUT2D eigenvalue weighted by Crippen LogP contribution is 2.19. The van der Waals surface area contributed by atoms with Crippen LogP contribution in [0.3, 0.4) is 0 Å². The van der Waals surface area contributed by atoms with E-state index in [0.717, 1.165) is 11.3 Å². The SMILES string of the molecule is CC(C)(C)OC(=O)Nc1[nH]ncc1CNC1CCSC1. The topological polar surface area (TPSA) is 79.0 Å². The molecule has 1 unspecified atom stereocenters. The summed E-state index contributed by atoms with van der Waals surface area (Å²) in [6, 6.07) is 0.546. The maximum atomic E-state index is 11.7. The van der Waals surface area contributed by atoms with Crippen molar-refractivity contribution >= 4 is 23.7 Å². The Hall–Kier alpha value is -1.21. The summed E-state index contributed by atoms with van der Waals surface area (Å²) < 4.78 is 5.22. The summed E-state index contributed by atoms with van der Waals surface area (Å²) in [5.74, 6) is 2.95. The molecule has 6 nitrogen and oxygen atoms in total. The molecule has 1 saturated heterocycles. The van der Waals surface area contributed by atoms with Crippen LogP contribution in [0.5, 0.6) is 0 Å². The van der Waals surface area contributed by atoms with Gasteiger partial charge in [-0.1, -0.05) is 0 Å². The average molecular weight is 298 g/mol. The van der Waals surface area contributed by atoms with E-state index in [9.17, 15) is 4.79 Å². The average Bonchev–Trinajstić information content (AvgIpc) is 2.94. The number of thioether (sulfide) groups is 1. The minimum absolute atomic E-state index is 0.473. The van der Waals surface area contributed by atoms with Gasteiger partial charge in [-0.15, -0.1) is 0 Å². The third-order valence-electron chi connectivity index (χ3n) is 2.85. The predicted molar refractivity (Wildman–Crippen MR) is 81.0 cm³/mol. The first-order valence-electron chi connectivity index (χ1n) is 6.77. The number of carbonyl (C=O) groups excluding carboxylic acids is 1. The predicted octanol–water partition coefficient (Wildman–Crippen LogP) is 2.35. The fourth-order valence-electron chi connectivity index (χ4n) is 1.91. The van der Waals surface area contributed by atoms with E-state index in [1.807, 2.05) is 32.5 Å². The molecule has 1 atom stereocenters. The number of amides is 1. The number of rotatable bonds is 4. The summed E-state index contributed by atoms with van der Waals surface area (Å²) in [6.45, 7) is 6.19. The third-order valence-corrected chi connectivity index (χ3v) is 4.02. The highest BCUT2D eigenvalue weighted by Gasteiger charge is 2.19. The molecule has 1 aliphatic rings. The van der Waals surface area contributed by atoms with Crippen molar-refractivity contribution in [2.24, 2.45) is 0 Å². The van der Waals surface area contributed by atoms with Crippen molar-refractivity contribution in [1.29, 1.82) is 0 Å². The van der Waals surface area contributed by atoms with Crippen LogP contribution < -0.4 is 10.6 Å². The van der Waals surface area contributed by atoms with Crippen LogP contribution in [0.1, 0.15) is 32.8 Å². The highest BCUT2D eigenvalue weighted by atomic mass is 32.2. The Morgan fingerprint density at radius 1 is 1.60 bits per heavy atom. The van der Waals surface area contributed by atoms with Gasteiger partial charge in [-0.2, -0.15) is 16.9 Å². The molecule has 20 heavy (non-hydrogen) atoms. The maximum Gasteiger partial charge on any atom is 0.413 e. The number of aromatic amines is 1. The van der Waals surface area contributed by atoms with Gasteiger partial charge in [-0.25, -0.2) is 4.79 Å². The van der Waals surface area contributed by atoms with Crippen molar-refractivity contribution in [3.05, 3.63) is 11.8 Å². The molecule has 1 aromatic heterocycles. The highest BCUT2D eigenvalue weighted by molar-refractivity contribution is 7.99. The molecular weight excluding hydrogens is 276 g/mol. The Morgan fingerprint density at radius 3 is 3.05 bits per heavy atom. The van der Waals surface area contributed by atoms with E-state index in [4.69, 9.17) is 4.74 Å². The summed E-state index contributed by atoms with van der Waals surface area (Å²) in [4.78, 5) is 11.7. The first kappa shape index (κ1) is 15.2. The molecule has 112 valence electrons. The molecule has 0 aromatic carbocycles. The number of H-pyrrole nitrogens is 1. The molecule has 0 bridgehead atoms. The van der Waals surface area contributed by atoms with Crippen LogP contribution in [0.2, 0.25) is 0 Å². The van der Waals surface area contributed by atoms with E-state index >= 15 is 0 Å². The van der Waals surface area contributed by atoms with Crippen molar-refractivity contribution in [3.8, 4) is 0 Å². The third kappa shape index (κ3) is 4.72. The first-order valence-corrected chi connectivity index (χ1v) is 7.93. The standard InChI is InChI=1S/C13H22N4O2S/c1-13(2,3)19-12(18)16-11-9(7-15-17-11)6-14-10-4-5-20-8-10/h7,10,14H,4-6,8H2,1-3H3,(H2,15,16,17,18). The van der Waals surface area contributed by atoms with Crippen LogP contribution in [0.25, 0.3) is 0 Å². The molecular formula is C13H22N4O2S. The molecule has 1 aromatic rings. The fourth-order valence-corrected chi connectivity index (χ4v) is 3.10. The normalized spacial score (nSPS) is 19.1. The zero-order valence-corrected chi connectivity index (χ0v) is 13.0. The van der Waals surface area contributed by atoms with Gasteiger partial charge in [0.1, 0.15) is 11.4 Å². The second-order valence-corrected chi connectivity index (χ2v) is 6.99. The Labute approximate surface area is 123 Å². The van der Waals surface area contributed by atoms with Gasteiger partial charge in [0.15, 0.2) is 0 Å². The summed E-state index contributed by atoms with van der Waals surface area (Å²) in [6.07, 6.45) is 2.44. The van der Waals surface area contributed by atoms with Crippen molar-refractivity contribution in [1.82, 2.24) is 15.5 Å². The summed E-state index contributed by atoms with van der Waals surface area (Å²) >= 11 is 1.96. The molecule has 1 amide bonds. The number of nitrogens with one attached hydrogen (secondary N) is 3. The van der Waals surface area contributed by atoms with Crippen LogP contribution in [-0.4, -0.2) is 39.4 Å². The fraction of sp³-hybridized carbons (Fsp3) is 0.692. The van der Waals surface area contributed by atoms with Gasteiger partial charge in [-0.3, -0.25) is 10.4 Å². The zero-order chi connectivity index (χ0) is 14.6. The van der Waals surface area contributed by atoms with Gasteiger partial charge in [0.2, 0.25) is 0 Å². The second kappa shape index (κ2) is 6.49. The smallest absolute Gasteiger partial charge is 0.413 e. The van der Waals surface area contributed by atoms with Crippen molar-refractivity contribution < 1.29 is 9.53 Å². The minimum atomic E-state index is -0.510. The number of nitrogens with zero attached hydrogens (tertiary/aromatic N) is 1. The lowest BCUT2D eigenvalue weighted by Crippen LogP contribution is -2.29. The van der Waals surface area contributed by atoms with E-state index in [2.05, 4.69) is 20.8 Å². The Bertz CT molecular complexity index is 449. The van der Waals surface area contributed by atoms with E-state index in [0.29, 0.717) is 18.4 Å². The van der Waals surface area contributed by atoms with Crippen LogP contribution in [-0.2, 0) is 11.3 Å². The number of ether oxygens (including phenoxy) is 1. The maximum absolute atomic E-state index is 11.7.